The van der Waals surface area contributed by atoms with Crippen LogP contribution in [0.5, 0.6) is 0 Å². The van der Waals surface area contributed by atoms with Crippen molar-refractivity contribution >= 4 is 5.82 Å². The zero-order valence-corrected chi connectivity index (χ0v) is 8.72. The van der Waals surface area contributed by atoms with Gasteiger partial charge in [0.15, 0.2) is 0 Å². The van der Waals surface area contributed by atoms with Gasteiger partial charge in [0.05, 0.1) is 11.8 Å². The molecule has 0 aliphatic carbocycles. The van der Waals surface area contributed by atoms with Crippen LogP contribution in [0, 0.1) is 0 Å². The van der Waals surface area contributed by atoms with Crippen LogP contribution in [0.3, 0.4) is 0 Å². The van der Waals surface area contributed by atoms with Gasteiger partial charge in [0.1, 0.15) is 11.9 Å². The molecule has 0 radical (unpaired) electrons. The van der Waals surface area contributed by atoms with Crippen molar-refractivity contribution in [1.82, 2.24) is 10.3 Å². The summed E-state index contributed by atoms with van der Waals surface area (Å²) < 4.78 is 0. The van der Waals surface area contributed by atoms with Crippen LogP contribution in [0.1, 0.15) is 18.2 Å². The second kappa shape index (κ2) is 5.65. The highest BCUT2D eigenvalue weighted by Crippen LogP contribution is 2.17. The van der Waals surface area contributed by atoms with Crippen molar-refractivity contribution in [2.45, 2.75) is 18.6 Å². The van der Waals surface area contributed by atoms with E-state index in [1.54, 1.807) is 25.2 Å². The van der Waals surface area contributed by atoms with Crippen LogP contribution in [0.2, 0.25) is 0 Å². The Labute approximate surface area is 89.0 Å². The fourth-order valence-corrected chi connectivity index (χ4v) is 1.28. The third-order valence-corrected chi connectivity index (χ3v) is 2.15. The van der Waals surface area contributed by atoms with Gasteiger partial charge < -0.3 is 21.3 Å². The number of aliphatic hydroxyl groups is 2. The van der Waals surface area contributed by atoms with Gasteiger partial charge >= 0.3 is 0 Å². The Hall–Kier alpha value is -1.17. The zero-order valence-electron chi connectivity index (χ0n) is 8.72. The first kappa shape index (κ1) is 11.9. The summed E-state index contributed by atoms with van der Waals surface area (Å²) in [5.74, 6) is 0.340. The van der Waals surface area contributed by atoms with Gasteiger partial charge in [-0.15, -0.1) is 0 Å². The number of aliphatic hydroxyl groups excluding tert-OH is 2. The van der Waals surface area contributed by atoms with Crippen LogP contribution >= 0.6 is 0 Å². The second-order valence-electron chi connectivity index (χ2n) is 3.39. The van der Waals surface area contributed by atoms with Crippen molar-refractivity contribution in [3.8, 4) is 0 Å². The van der Waals surface area contributed by atoms with Crippen LogP contribution in [0.15, 0.2) is 18.2 Å². The molecule has 15 heavy (non-hydrogen) atoms. The van der Waals surface area contributed by atoms with E-state index >= 15 is 0 Å². The number of anilines is 1. The van der Waals surface area contributed by atoms with E-state index < -0.39 is 12.2 Å². The van der Waals surface area contributed by atoms with Crippen molar-refractivity contribution in [2.75, 3.05) is 19.3 Å². The van der Waals surface area contributed by atoms with E-state index in [0.717, 1.165) is 0 Å². The molecule has 1 aromatic rings. The van der Waals surface area contributed by atoms with E-state index in [4.69, 9.17) is 5.73 Å². The summed E-state index contributed by atoms with van der Waals surface area (Å²) in [6.45, 7) is 0.639. The zero-order chi connectivity index (χ0) is 11.3. The third-order valence-electron chi connectivity index (χ3n) is 2.15. The van der Waals surface area contributed by atoms with E-state index in [-0.39, 0.29) is 0 Å². The molecule has 2 atom stereocenters. The summed E-state index contributed by atoms with van der Waals surface area (Å²) in [7, 11) is 1.79. The third kappa shape index (κ3) is 3.47. The summed E-state index contributed by atoms with van der Waals surface area (Å²) in [5.41, 5.74) is 5.88. The molecule has 0 spiro atoms. The van der Waals surface area contributed by atoms with Gasteiger partial charge in [-0.3, -0.25) is 0 Å². The summed E-state index contributed by atoms with van der Waals surface area (Å²) in [6, 6.07) is 4.98. The maximum absolute atomic E-state index is 9.74. The number of nitrogens with two attached hydrogens (primary N) is 1. The lowest BCUT2D eigenvalue weighted by Gasteiger charge is -2.17. The van der Waals surface area contributed by atoms with Gasteiger partial charge in [0.25, 0.3) is 0 Å². The molecule has 5 N–H and O–H groups in total. The standard InChI is InChI=1S/C10H17N3O2/c1-12-6-5-8(14)10(15)7-3-2-4-9(11)13-7/h2-4,8,10,12,14-15H,5-6H2,1H3,(H2,11,13). The lowest BCUT2D eigenvalue weighted by Crippen LogP contribution is -2.24. The molecule has 0 aliphatic rings. The number of nitrogens with one attached hydrogen (secondary N) is 1. The van der Waals surface area contributed by atoms with Crippen LogP contribution in [0.4, 0.5) is 5.82 Å². The van der Waals surface area contributed by atoms with Crippen molar-refractivity contribution in [1.29, 1.82) is 0 Å². The van der Waals surface area contributed by atoms with E-state index in [2.05, 4.69) is 10.3 Å². The average molecular weight is 211 g/mol. The maximum atomic E-state index is 9.74. The highest BCUT2D eigenvalue weighted by Gasteiger charge is 2.18. The minimum Gasteiger partial charge on any atom is -0.390 e. The smallest absolute Gasteiger partial charge is 0.123 e. The lowest BCUT2D eigenvalue weighted by atomic mass is 10.1. The molecule has 1 heterocycles. The summed E-state index contributed by atoms with van der Waals surface area (Å²) in [5, 5.41) is 22.3. The Kier molecular flexibility index (Phi) is 4.48. The SMILES string of the molecule is CNCCC(O)C(O)c1cccc(N)n1. The molecule has 0 aromatic carbocycles. The number of hydrogen-bond acceptors (Lipinski definition) is 5. The number of nitrogens with zero attached hydrogens (tertiary/aromatic N) is 1. The maximum Gasteiger partial charge on any atom is 0.123 e. The summed E-state index contributed by atoms with van der Waals surface area (Å²) in [4.78, 5) is 3.95. The Morgan fingerprint density at radius 3 is 2.80 bits per heavy atom. The number of rotatable bonds is 5. The predicted octanol–water partition coefficient (Wildman–Crippen LogP) is -0.332. The first-order valence-corrected chi connectivity index (χ1v) is 4.88. The number of pyridine rings is 1. The van der Waals surface area contributed by atoms with E-state index in [0.29, 0.717) is 24.5 Å². The molecule has 1 rings (SSSR count). The Balaban J connectivity index is 2.62. The first-order valence-electron chi connectivity index (χ1n) is 4.88. The molecule has 2 unspecified atom stereocenters. The monoisotopic (exact) mass is 211 g/mol. The van der Waals surface area contributed by atoms with Gasteiger partial charge in [-0.05, 0) is 32.1 Å². The molecule has 0 amide bonds. The molecular formula is C10H17N3O2. The van der Waals surface area contributed by atoms with Crippen molar-refractivity contribution in [3.63, 3.8) is 0 Å². The van der Waals surface area contributed by atoms with E-state index in [9.17, 15) is 10.2 Å². The molecule has 5 heteroatoms. The quantitative estimate of drug-likeness (QED) is 0.535. The van der Waals surface area contributed by atoms with Crippen molar-refractivity contribution < 1.29 is 10.2 Å². The van der Waals surface area contributed by atoms with Gasteiger partial charge in [-0.1, -0.05) is 6.07 Å². The minimum absolute atomic E-state index is 0.340. The predicted molar refractivity (Wildman–Crippen MR) is 58.2 cm³/mol. The average Bonchev–Trinajstić information content (AvgIpc) is 2.24. The molecule has 0 saturated carbocycles. The fraction of sp³-hybridized carbons (Fsp3) is 0.500. The van der Waals surface area contributed by atoms with Crippen LogP contribution in [-0.4, -0.2) is 34.9 Å². The van der Waals surface area contributed by atoms with E-state index in [1.165, 1.54) is 0 Å². The number of hydrogen-bond donors (Lipinski definition) is 4. The largest absolute Gasteiger partial charge is 0.390 e. The highest BCUT2D eigenvalue weighted by atomic mass is 16.3. The molecule has 1 aromatic heterocycles. The van der Waals surface area contributed by atoms with Gasteiger partial charge in [-0.25, -0.2) is 4.98 Å². The summed E-state index contributed by atoms with van der Waals surface area (Å²) in [6.07, 6.45) is -1.35. The molecule has 0 saturated heterocycles. The molecule has 0 bridgehead atoms. The Bertz CT molecular complexity index is 306. The highest BCUT2D eigenvalue weighted by molar-refractivity contribution is 5.29. The molecular weight excluding hydrogens is 194 g/mol. The normalized spacial score (nSPS) is 14.9. The molecule has 84 valence electrons. The Morgan fingerprint density at radius 1 is 1.47 bits per heavy atom. The number of aromatic nitrogens is 1. The Morgan fingerprint density at radius 2 is 2.20 bits per heavy atom. The second-order valence-corrected chi connectivity index (χ2v) is 3.39. The first-order chi connectivity index (χ1) is 7.15. The van der Waals surface area contributed by atoms with Gasteiger partial charge in [0, 0.05) is 0 Å². The van der Waals surface area contributed by atoms with Crippen LogP contribution < -0.4 is 11.1 Å². The van der Waals surface area contributed by atoms with E-state index in [1.807, 2.05) is 0 Å². The number of nitrogen functional groups attached to an aromatic ring is 1. The minimum atomic E-state index is -0.984. The van der Waals surface area contributed by atoms with Gasteiger partial charge in [-0.2, -0.15) is 0 Å². The van der Waals surface area contributed by atoms with Crippen molar-refractivity contribution in [3.05, 3.63) is 23.9 Å². The molecule has 0 fully saturated rings. The van der Waals surface area contributed by atoms with Crippen LogP contribution in [0.25, 0.3) is 0 Å². The van der Waals surface area contributed by atoms with Crippen molar-refractivity contribution in [2.24, 2.45) is 0 Å². The lowest BCUT2D eigenvalue weighted by molar-refractivity contribution is 0.0116. The van der Waals surface area contributed by atoms with Crippen LogP contribution in [-0.2, 0) is 0 Å². The molecule has 5 nitrogen and oxygen atoms in total. The fourth-order valence-electron chi connectivity index (χ4n) is 1.28. The summed E-state index contributed by atoms with van der Waals surface area (Å²) >= 11 is 0. The van der Waals surface area contributed by atoms with Gasteiger partial charge in [0.2, 0.25) is 0 Å². The molecule has 0 aliphatic heterocycles. The topological polar surface area (TPSA) is 91.4 Å².